The maximum Gasteiger partial charge on any atom is 0.244 e. The Bertz CT molecular complexity index is 758. The molecule has 2 amide bonds. The second kappa shape index (κ2) is 8.34. The molecular formula is C20H24ClN3O2. The van der Waals surface area contributed by atoms with Crippen molar-refractivity contribution in [3.05, 3.63) is 60.2 Å². The second-order valence-electron chi connectivity index (χ2n) is 6.46. The fraction of sp³-hybridized carbons (Fsp3) is 0.300. The van der Waals surface area contributed by atoms with Crippen LogP contribution in [0.4, 0.5) is 11.4 Å². The van der Waals surface area contributed by atoms with E-state index in [0.717, 1.165) is 24.1 Å². The highest BCUT2D eigenvalue weighted by Crippen LogP contribution is 2.33. The zero-order valence-corrected chi connectivity index (χ0v) is 15.6. The molecule has 3 N–H and O–H groups in total. The zero-order chi connectivity index (χ0) is 17.9. The molecule has 0 heterocycles. The van der Waals surface area contributed by atoms with Crippen molar-refractivity contribution in [1.82, 2.24) is 0 Å². The minimum absolute atomic E-state index is 0. The minimum Gasteiger partial charge on any atom is -0.324 e. The van der Waals surface area contributed by atoms with Gasteiger partial charge in [0.15, 0.2) is 0 Å². The number of hydrogen-bond donors (Lipinski definition) is 2. The minimum atomic E-state index is -0.689. The molecule has 26 heavy (non-hydrogen) atoms. The number of nitrogens with one attached hydrogen (secondary N) is 1. The number of nitrogens with zero attached hydrogens (tertiary/aromatic N) is 1. The van der Waals surface area contributed by atoms with Crippen LogP contribution in [-0.2, 0) is 16.0 Å². The first-order valence-corrected chi connectivity index (χ1v) is 8.56. The van der Waals surface area contributed by atoms with Crippen LogP contribution in [0.5, 0.6) is 0 Å². The van der Waals surface area contributed by atoms with Crippen molar-refractivity contribution in [3.63, 3.8) is 0 Å². The third-order valence-electron chi connectivity index (χ3n) is 4.49. The number of benzene rings is 2. The number of carbonyl (C=O) groups excluding carboxylic acids is 2. The van der Waals surface area contributed by atoms with Gasteiger partial charge in [-0.25, -0.2) is 0 Å². The summed E-state index contributed by atoms with van der Waals surface area (Å²) in [5, 5.41) is 2.83. The van der Waals surface area contributed by atoms with Gasteiger partial charge in [0.05, 0.1) is 12.0 Å². The molecule has 1 saturated carbocycles. The van der Waals surface area contributed by atoms with Gasteiger partial charge in [0.25, 0.3) is 0 Å². The molecule has 0 atom stereocenters. The van der Waals surface area contributed by atoms with Gasteiger partial charge >= 0.3 is 0 Å². The molecule has 0 spiro atoms. The number of carbonyl (C=O) groups is 2. The van der Waals surface area contributed by atoms with Crippen LogP contribution >= 0.6 is 12.4 Å². The van der Waals surface area contributed by atoms with E-state index < -0.39 is 5.54 Å². The van der Waals surface area contributed by atoms with Crippen LogP contribution in [0.2, 0.25) is 0 Å². The fourth-order valence-corrected chi connectivity index (χ4v) is 2.70. The van der Waals surface area contributed by atoms with Gasteiger partial charge in [-0.05, 0) is 49.6 Å². The van der Waals surface area contributed by atoms with Gasteiger partial charge in [0, 0.05) is 17.9 Å². The lowest BCUT2D eigenvalue weighted by Crippen LogP contribution is -2.37. The average Bonchev–Trinajstić information content (AvgIpc) is 3.37. The Hall–Kier alpha value is -2.37. The first kappa shape index (κ1) is 19.9. The Labute approximate surface area is 160 Å². The van der Waals surface area contributed by atoms with Crippen molar-refractivity contribution in [1.29, 1.82) is 0 Å². The summed E-state index contributed by atoms with van der Waals surface area (Å²) >= 11 is 0. The van der Waals surface area contributed by atoms with Crippen LogP contribution in [0.25, 0.3) is 0 Å². The fourth-order valence-electron chi connectivity index (χ4n) is 2.70. The number of rotatable bonds is 6. The molecule has 6 heteroatoms. The van der Waals surface area contributed by atoms with E-state index in [0.29, 0.717) is 18.7 Å². The maximum atomic E-state index is 12.6. The van der Waals surface area contributed by atoms with Gasteiger partial charge in [0.1, 0.15) is 0 Å². The first-order chi connectivity index (χ1) is 12.0. The number of likely N-dealkylation sites (N-methyl/N-ethyl adjacent to an activating group) is 1. The average molecular weight is 374 g/mol. The van der Waals surface area contributed by atoms with E-state index in [1.165, 1.54) is 0 Å². The monoisotopic (exact) mass is 373 g/mol. The highest BCUT2D eigenvalue weighted by atomic mass is 35.5. The normalized spacial score (nSPS) is 14.1. The van der Waals surface area contributed by atoms with Crippen molar-refractivity contribution in [3.8, 4) is 0 Å². The lowest BCUT2D eigenvalue weighted by atomic mass is 10.1. The molecule has 2 aromatic carbocycles. The van der Waals surface area contributed by atoms with Crippen molar-refractivity contribution < 1.29 is 9.59 Å². The molecule has 0 aromatic heterocycles. The molecule has 138 valence electrons. The van der Waals surface area contributed by atoms with Crippen LogP contribution < -0.4 is 16.0 Å². The summed E-state index contributed by atoms with van der Waals surface area (Å²) < 4.78 is 0. The molecule has 0 aliphatic heterocycles. The number of nitrogens with two attached hydrogens (primary N) is 1. The van der Waals surface area contributed by atoms with Gasteiger partial charge in [-0.3, -0.25) is 9.59 Å². The Kier molecular flexibility index (Phi) is 6.40. The molecule has 0 radical (unpaired) electrons. The standard InChI is InChI=1S/C20H23N3O2.ClH/c1-2-23(17-6-4-3-5-7-17)18(24)14-15-8-10-16(11-9-15)22-19(25)20(21)12-13-20;/h3-11H,2,12-14,21H2,1H3,(H,22,25);1H. The number of para-hydroxylation sites is 1. The van der Waals surface area contributed by atoms with Gasteiger partial charge in [-0.15, -0.1) is 12.4 Å². The Morgan fingerprint density at radius 3 is 2.23 bits per heavy atom. The van der Waals surface area contributed by atoms with Crippen molar-refractivity contribution in [2.75, 3.05) is 16.8 Å². The maximum absolute atomic E-state index is 12.6. The van der Waals surface area contributed by atoms with Crippen LogP contribution in [0.1, 0.15) is 25.3 Å². The lowest BCUT2D eigenvalue weighted by molar-refractivity contribution is -0.118. The van der Waals surface area contributed by atoms with E-state index in [4.69, 9.17) is 5.73 Å². The molecular weight excluding hydrogens is 350 g/mol. The van der Waals surface area contributed by atoms with E-state index in [1.807, 2.05) is 61.5 Å². The Morgan fingerprint density at radius 2 is 1.69 bits per heavy atom. The molecule has 0 unspecified atom stereocenters. The smallest absolute Gasteiger partial charge is 0.244 e. The highest BCUT2D eigenvalue weighted by molar-refractivity contribution is 6.00. The van der Waals surface area contributed by atoms with Gasteiger partial charge in [-0.2, -0.15) is 0 Å². The molecule has 1 fully saturated rings. The largest absolute Gasteiger partial charge is 0.324 e. The summed E-state index contributed by atoms with van der Waals surface area (Å²) in [4.78, 5) is 26.3. The lowest BCUT2D eigenvalue weighted by Gasteiger charge is -2.21. The Balaban J connectivity index is 0.00000243. The highest BCUT2D eigenvalue weighted by Gasteiger charge is 2.45. The van der Waals surface area contributed by atoms with Crippen LogP contribution in [0.15, 0.2) is 54.6 Å². The molecule has 0 bridgehead atoms. The number of hydrogen-bond acceptors (Lipinski definition) is 3. The topological polar surface area (TPSA) is 75.4 Å². The second-order valence-corrected chi connectivity index (χ2v) is 6.46. The quantitative estimate of drug-likeness (QED) is 0.816. The summed E-state index contributed by atoms with van der Waals surface area (Å²) in [7, 11) is 0. The summed E-state index contributed by atoms with van der Waals surface area (Å²) in [6.45, 7) is 2.58. The van der Waals surface area contributed by atoms with Gasteiger partial charge < -0.3 is 16.0 Å². The van der Waals surface area contributed by atoms with Crippen molar-refractivity contribution >= 4 is 35.6 Å². The number of amides is 2. The third kappa shape index (κ3) is 4.62. The van der Waals surface area contributed by atoms with E-state index in [2.05, 4.69) is 5.32 Å². The van der Waals surface area contributed by atoms with E-state index >= 15 is 0 Å². The van der Waals surface area contributed by atoms with Crippen molar-refractivity contribution in [2.24, 2.45) is 5.73 Å². The van der Waals surface area contributed by atoms with Crippen molar-refractivity contribution in [2.45, 2.75) is 31.7 Å². The summed E-state index contributed by atoms with van der Waals surface area (Å²) in [6.07, 6.45) is 1.79. The first-order valence-electron chi connectivity index (χ1n) is 8.56. The summed E-state index contributed by atoms with van der Waals surface area (Å²) in [6, 6.07) is 17.0. The van der Waals surface area contributed by atoms with E-state index in [-0.39, 0.29) is 24.2 Å². The van der Waals surface area contributed by atoms with E-state index in [9.17, 15) is 9.59 Å². The van der Waals surface area contributed by atoms with E-state index in [1.54, 1.807) is 4.90 Å². The number of halogens is 1. The van der Waals surface area contributed by atoms with Crippen LogP contribution in [0, 0.1) is 0 Å². The molecule has 1 aliphatic rings. The Morgan fingerprint density at radius 1 is 1.08 bits per heavy atom. The molecule has 5 nitrogen and oxygen atoms in total. The summed E-state index contributed by atoms with van der Waals surface area (Å²) in [5.74, 6) is -0.0954. The SMILES string of the molecule is CCN(C(=O)Cc1ccc(NC(=O)C2(N)CC2)cc1)c1ccccc1.Cl. The van der Waals surface area contributed by atoms with Crippen LogP contribution in [0.3, 0.4) is 0 Å². The zero-order valence-electron chi connectivity index (χ0n) is 14.8. The van der Waals surface area contributed by atoms with Crippen LogP contribution in [-0.4, -0.2) is 23.9 Å². The predicted molar refractivity (Wildman–Crippen MR) is 107 cm³/mol. The molecule has 1 aliphatic carbocycles. The third-order valence-corrected chi connectivity index (χ3v) is 4.49. The number of anilines is 2. The predicted octanol–water partition coefficient (Wildman–Crippen LogP) is 3.13. The van der Waals surface area contributed by atoms with Gasteiger partial charge in [0.2, 0.25) is 11.8 Å². The van der Waals surface area contributed by atoms with Gasteiger partial charge in [-0.1, -0.05) is 30.3 Å². The molecule has 3 rings (SSSR count). The molecule has 0 saturated heterocycles. The molecule has 2 aromatic rings. The summed E-state index contributed by atoms with van der Waals surface area (Å²) in [5.41, 5.74) is 7.70.